The number of nitrogen functional groups attached to an aromatic ring is 1. The molecule has 0 atom stereocenters. The Bertz CT molecular complexity index is 747. The predicted octanol–water partition coefficient (Wildman–Crippen LogP) is 3.00. The van der Waals surface area contributed by atoms with Crippen LogP contribution in [-0.2, 0) is 9.84 Å². The van der Waals surface area contributed by atoms with Gasteiger partial charge in [0.1, 0.15) is 0 Å². The molecule has 1 aromatic heterocycles. The summed E-state index contributed by atoms with van der Waals surface area (Å²) in [7, 11) is -3.40. The molecule has 1 heterocycles. The first-order chi connectivity index (χ1) is 10.1. The lowest BCUT2D eigenvalue weighted by Crippen LogP contribution is -2.19. The Balaban J connectivity index is 2.41. The van der Waals surface area contributed by atoms with Crippen LogP contribution in [0.25, 0.3) is 6.08 Å². The molecular weight excluding hydrogens is 298 g/mol. The van der Waals surface area contributed by atoms with Crippen molar-refractivity contribution in [3.8, 4) is 0 Å². The topological polar surface area (TPSA) is 85.9 Å². The molecule has 6 heteroatoms. The first-order valence-corrected chi connectivity index (χ1v) is 9.22. The van der Waals surface area contributed by atoms with Gasteiger partial charge in [-0.3, -0.25) is 0 Å². The monoisotopic (exact) mass is 321 g/mol. The SMILES string of the molecule is CC1=C(/C=C/c2cc(S(C)(=O)=O)nc(N)n2)C(C)(C)CCC1. The van der Waals surface area contributed by atoms with E-state index in [2.05, 4.69) is 30.7 Å². The summed E-state index contributed by atoms with van der Waals surface area (Å²) in [6, 6.07) is 1.45. The van der Waals surface area contributed by atoms with Crippen LogP contribution in [0.3, 0.4) is 0 Å². The average molecular weight is 321 g/mol. The van der Waals surface area contributed by atoms with Gasteiger partial charge in [-0.2, -0.15) is 0 Å². The lowest BCUT2D eigenvalue weighted by molar-refractivity contribution is 0.377. The molecule has 2 N–H and O–H groups in total. The van der Waals surface area contributed by atoms with Crippen molar-refractivity contribution in [2.24, 2.45) is 5.41 Å². The fourth-order valence-corrected chi connectivity index (χ4v) is 3.51. The zero-order valence-electron chi connectivity index (χ0n) is 13.5. The molecule has 0 saturated heterocycles. The van der Waals surface area contributed by atoms with E-state index in [1.54, 1.807) is 0 Å². The molecule has 1 aliphatic rings. The van der Waals surface area contributed by atoms with Gasteiger partial charge in [0.05, 0.1) is 5.69 Å². The summed E-state index contributed by atoms with van der Waals surface area (Å²) in [6.07, 6.45) is 8.41. The number of hydrogen-bond acceptors (Lipinski definition) is 5. The Morgan fingerprint density at radius 2 is 1.95 bits per heavy atom. The third-order valence-electron chi connectivity index (χ3n) is 4.08. The summed E-state index contributed by atoms with van der Waals surface area (Å²) < 4.78 is 23.2. The Kier molecular flexibility index (Phi) is 4.42. The molecule has 0 aromatic carbocycles. The maximum absolute atomic E-state index is 11.6. The summed E-state index contributed by atoms with van der Waals surface area (Å²) >= 11 is 0. The van der Waals surface area contributed by atoms with Gasteiger partial charge >= 0.3 is 0 Å². The number of hydrogen-bond donors (Lipinski definition) is 1. The summed E-state index contributed by atoms with van der Waals surface area (Å²) in [5, 5.41) is -0.0479. The van der Waals surface area contributed by atoms with E-state index in [0.29, 0.717) is 5.69 Å². The first kappa shape index (κ1) is 16.7. The molecule has 2 rings (SSSR count). The highest BCUT2D eigenvalue weighted by Crippen LogP contribution is 2.40. The lowest BCUT2D eigenvalue weighted by atomic mass is 9.72. The molecule has 0 radical (unpaired) electrons. The third kappa shape index (κ3) is 3.74. The highest BCUT2D eigenvalue weighted by Gasteiger charge is 2.26. The van der Waals surface area contributed by atoms with Crippen molar-refractivity contribution in [3.05, 3.63) is 29.0 Å². The maximum Gasteiger partial charge on any atom is 0.221 e. The second-order valence-electron chi connectivity index (χ2n) is 6.53. The van der Waals surface area contributed by atoms with Gasteiger partial charge in [-0.05, 0) is 43.3 Å². The average Bonchev–Trinajstić information content (AvgIpc) is 2.35. The number of aromatic nitrogens is 2. The van der Waals surface area contributed by atoms with Crippen LogP contribution in [0.1, 0.15) is 45.7 Å². The van der Waals surface area contributed by atoms with Crippen molar-refractivity contribution in [2.75, 3.05) is 12.0 Å². The number of nitrogens with two attached hydrogens (primary N) is 1. The van der Waals surface area contributed by atoms with Crippen LogP contribution in [0.5, 0.6) is 0 Å². The van der Waals surface area contributed by atoms with Gasteiger partial charge in [0, 0.05) is 12.3 Å². The molecule has 5 nitrogen and oxygen atoms in total. The van der Waals surface area contributed by atoms with Crippen LogP contribution >= 0.6 is 0 Å². The highest BCUT2D eigenvalue weighted by molar-refractivity contribution is 7.90. The number of allylic oxidation sites excluding steroid dienone is 3. The summed E-state index contributed by atoms with van der Waals surface area (Å²) in [6.45, 7) is 6.61. The Labute approximate surface area is 132 Å². The van der Waals surface area contributed by atoms with Crippen LogP contribution in [-0.4, -0.2) is 24.6 Å². The molecule has 0 saturated carbocycles. The molecule has 0 amide bonds. The maximum atomic E-state index is 11.6. The molecule has 0 spiro atoms. The molecule has 0 aliphatic heterocycles. The van der Waals surface area contributed by atoms with E-state index in [1.165, 1.54) is 23.6 Å². The van der Waals surface area contributed by atoms with E-state index in [9.17, 15) is 8.42 Å². The first-order valence-electron chi connectivity index (χ1n) is 7.32. The van der Waals surface area contributed by atoms with Crippen molar-refractivity contribution in [2.45, 2.75) is 45.1 Å². The molecule has 1 aliphatic carbocycles. The van der Waals surface area contributed by atoms with Crippen LogP contribution in [0.4, 0.5) is 5.95 Å². The number of anilines is 1. The molecule has 0 unspecified atom stereocenters. The van der Waals surface area contributed by atoms with Crippen LogP contribution in [0, 0.1) is 5.41 Å². The van der Waals surface area contributed by atoms with E-state index >= 15 is 0 Å². The summed E-state index contributed by atoms with van der Waals surface area (Å²) in [5.41, 5.74) is 8.91. The summed E-state index contributed by atoms with van der Waals surface area (Å²) in [5.74, 6) is -0.0313. The summed E-state index contributed by atoms with van der Waals surface area (Å²) in [4.78, 5) is 7.87. The number of nitrogens with zero attached hydrogens (tertiary/aromatic N) is 2. The van der Waals surface area contributed by atoms with Gasteiger partial charge in [-0.15, -0.1) is 0 Å². The van der Waals surface area contributed by atoms with E-state index < -0.39 is 9.84 Å². The largest absolute Gasteiger partial charge is 0.368 e. The van der Waals surface area contributed by atoms with E-state index in [1.807, 2.05) is 12.2 Å². The standard InChI is InChI=1S/C16H23N3O2S/c1-11-6-5-9-16(2,3)13(11)8-7-12-10-14(22(4,20)21)19-15(17)18-12/h7-8,10H,5-6,9H2,1-4H3,(H2,17,18,19)/b8-7+. The minimum absolute atomic E-state index is 0.0313. The van der Waals surface area contributed by atoms with Crippen molar-refractivity contribution in [1.82, 2.24) is 9.97 Å². The van der Waals surface area contributed by atoms with Crippen molar-refractivity contribution >= 4 is 21.9 Å². The van der Waals surface area contributed by atoms with E-state index in [-0.39, 0.29) is 16.4 Å². The quantitative estimate of drug-likeness (QED) is 0.865. The minimum atomic E-state index is -3.40. The second-order valence-corrected chi connectivity index (χ2v) is 8.49. The zero-order chi connectivity index (χ0) is 16.5. The van der Waals surface area contributed by atoms with Crippen LogP contribution in [0.15, 0.2) is 28.3 Å². The van der Waals surface area contributed by atoms with E-state index in [4.69, 9.17) is 5.73 Å². The van der Waals surface area contributed by atoms with Crippen molar-refractivity contribution in [3.63, 3.8) is 0 Å². The smallest absolute Gasteiger partial charge is 0.221 e. The Morgan fingerprint density at radius 1 is 1.27 bits per heavy atom. The Hall–Kier alpha value is -1.69. The third-order valence-corrected chi connectivity index (χ3v) is 5.05. The number of sulfone groups is 1. The van der Waals surface area contributed by atoms with Crippen LogP contribution in [0.2, 0.25) is 0 Å². The predicted molar refractivity (Wildman–Crippen MR) is 88.9 cm³/mol. The fraction of sp³-hybridized carbons (Fsp3) is 0.500. The van der Waals surface area contributed by atoms with Gasteiger partial charge in [-0.25, -0.2) is 18.4 Å². The number of rotatable bonds is 3. The fourth-order valence-electron chi connectivity index (χ4n) is 2.92. The minimum Gasteiger partial charge on any atom is -0.368 e. The van der Waals surface area contributed by atoms with Gasteiger partial charge in [0.15, 0.2) is 14.9 Å². The highest BCUT2D eigenvalue weighted by atomic mass is 32.2. The molecule has 0 fully saturated rings. The normalized spacial score (nSPS) is 18.9. The van der Waals surface area contributed by atoms with Gasteiger partial charge in [0.2, 0.25) is 5.95 Å². The second kappa shape index (κ2) is 5.83. The molecule has 0 bridgehead atoms. The van der Waals surface area contributed by atoms with Crippen molar-refractivity contribution in [1.29, 1.82) is 0 Å². The zero-order valence-corrected chi connectivity index (χ0v) is 14.4. The molecule has 120 valence electrons. The molecule has 22 heavy (non-hydrogen) atoms. The van der Waals surface area contributed by atoms with Gasteiger partial charge in [-0.1, -0.05) is 25.5 Å². The van der Waals surface area contributed by atoms with Gasteiger partial charge < -0.3 is 5.73 Å². The van der Waals surface area contributed by atoms with E-state index in [0.717, 1.165) is 19.1 Å². The van der Waals surface area contributed by atoms with Crippen LogP contribution < -0.4 is 5.73 Å². The Morgan fingerprint density at radius 3 is 2.55 bits per heavy atom. The van der Waals surface area contributed by atoms with Crippen molar-refractivity contribution < 1.29 is 8.42 Å². The lowest BCUT2D eigenvalue weighted by Gasteiger charge is -2.32. The molecule has 1 aromatic rings. The molecular formula is C16H23N3O2S. The van der Waals surface area contributed by atoms with Gasteiger partial charge in [0.25, 0.3) is 0 Å².